The lowest BCUT2D eigenvalue weighted by molar-refractivity contribution is 0.0972. The molecule has 3 saturated heterocycles. The average molecular weight is 257 g/mol. The van der Waals surface area contributed by atoms with Gasteiger partial charge in [0.05, 0.1) is 0 Å². The van der Waals surface area contributed by atoms with Crippen LogP contribution in [0.5, 0.6) is 0 Å². The van der Waals surface area contributed by atoms with Crippen LogP contribution in [0.4, 0.5) is 5.95 Å². The van der Waals surface area contributed by atoms with Crippen LogP contribution < -0.4 is 5.32 Å². The highest BCUT2D eigenvalue weighted by atomic mass is 15.4. The molecule has 0 spiro atoms. The molecule has 2 bridgehead atoms. The van der Waals surface area contributed by atoms with Gasteiger partial charge in [0, 0.05) is 18.8 Å². The molecule has 19 heavy (non-hydrogen) atoms. The molecule has 2 aromatic rings. The molecule has 3 fully saturated rings. The zero-order chi connectivity index (χ0) is 12.8. The second kappa shape index (κ2) is 4.20. The van der Waals surface area contributed by atoms with Gasteiger partial charge in [0.1, 0.15) is 0 Å². The first-order valence-electron chi connectivity index (χ1n) is 7.10. The third kappa shape index (κ3) is 1.98. The summed E-state index contributed by atoms with van der Waals surface area (Å²) < 4.78 is 1.86. The number of nitrogens with one attached hydrogen (secondary N) is 1. The van der Waals surface area contributed by atoms with Crippen molar-refractivity contribution in [3.05, 3.63) is 23.9 Å². The molecule has 5 nitrogen and oxygen atoms in total. The molecule has 3 aliphatic rings. The van der Waals surface area contributed by atoms with Gasteiger partial charge in [0.2, 0.25) is 5.95 Å². The number of anilines is 1. The molecule has 0 radical (unpaired) electrons. The fourth-order valence-corrected chi connectivity index (χ4v) is 3.34. The van der Waals surface area contributed by atoms with Crippen LogP contribution in [-0.2, 0) is 0 Å². The lowest BCUT2D eigenvalue weighted by Gasteiger charge is -2.44. The smallest absolute Gasteiger partial charge is 0.243 e. The van der Waals surface area contributed by atoms with E-state index in [1.165, 1.54) is 31.5 Å². The molecule has 2 aromatic heterocycles. The molecule has 0 saturated carbocycles. The highest BCUT2D eigenvalue weighted by Gasteiger charge is 2.34. The Morgan fingerprint density at radius 1 is 1.26 bits per heavy atom. The molecule has 5 heterocycles. The average Bonchev–Trinajstić information content (AvgIpc) is 2.81. The van der Waals surface area contributed by atoms with E-state index in [2.05, 4.69) is 33.3 Å². The monoisotopic (exact) mass is 257 g/mol. The number of pyridine rings is 1. The highest BCUT2D eigenvalue weighted by Crippen LogP contribution is 2.29. The first kappa shape index (κ1) is 11.2. The molecule has 0 amide bonds. The number of hydrogen-bond acceptors (Lipinski definition) is 4. The van der Waals surface area contributed by atoms with E-state index >= 15 is 0 Å². The van der Waals surface area contributed by atoms with E-state index in [0.717, 1.165) is 24.1 Å². The van der Waals surface area contributed by atoms with Crippen LogP contribution in [0.15, 0.2) is 18.3 Å². The standard InChI is InChI=1S/C14H19N5/c1-10-2-3-13-16-14(17-19(13)8-10)15-12-9-18-6-4-11(12)5-7-18/h2-3,8,11-12H,4-7,9H2,1H3,(H,15,17). The van der Waals surface area contributed by atoms with Crippen molar-refractivity contribution in [3.8, 4) is 0 Å². The number of fused-ring (bicyclic) bond motifs is 4. The Labute approximate surface area is 112 Å². The topological polar surface area (TPSA) is 45.5 Å². The quantitative estimate of drug-likeness (QED) is 0.886. The first-order chi connectivity index (χ1) is 9.28. The van der Waals surface area contributed by atoms with Gasteiger partial charge in [-0.25, -0.2) is 4.52 Å². The highest BCUT2D eigenvalue weighted by molar-refractivity contribution is 5.44. The molecule has 5 rings (SSSR count). The minimum absolute atomic E-state index is 0.515. The maximum Gasteiger partial charge on any atom is 0.243 e. The summed E-state index contributed by atoms with van der Waals surface area (Å²) in [6.45, 7) is 5.74. The second-order valence-electron chi connectivity index (χ2n) is 5.83. The lowest BCUT2D eigenvalue weighted by atomic mass is 9.84. The summed E-state index contributed by atoms with van der Waals surface area (Å²) in [6.07, 6.45) is 4.64. The molecular weight excluding hydrogens is 238 g/mol. The van der Waals surface area contributed by atoms with Crippen LogP contribution in [0.2, 0.25) is 0 Å². The predicted octanol–water partition coefficient (Wildman–Crippen LogP) is 1.54. The van der Waals surface area contributed by atoms with Gasteiger partial charge in [-0.1, -0.05) is 6.07 Å². The number of aryl methyl sites for hydroxylation is 1. The van der Waals surface area contributed by atoms with Gasteiger partial charge in [-0.15, -0.1) is 5.10 Å². The molecule has 0 aliphatic carbocycles. The van der Waals surface area contributed by atoms with Gasteiger partial charge >= 0.3 is 0 Å². The molecule has 1 N–H and O–H groups in total. The number of aromatic nitrogens is 3. The van der Waals surface area contributed by atoms with Crippen molar-refractivity contribution in [1.29, 1.82) is 0 Å². The predicted molar refractivity (Wildman–Crippen MR) is 74.3 cm³/mol. The van der Waals surface area contributed by atoms with Gasteiger partial charge in [0.15, 0.2) is 5.65 Å². The Bertz CT molecular complexity index is 597. The zero-order valence-corrected chi connectivity index (χ0v) is 11.2. The molecule has 1 atom stereocenters. The normalized spacial score (nSPS) is 29.8. The Kier molecular flexibility index (Phi) is 2.48. The SMILES string of the molecule is Cc1ccc2nc(NC3CN4CCC3CC4)nn2c1. The fourth-order valence-electron chi connectivity index (χ4n) is 3.34. The van der Waals surface area contributed by atoms with Gasteiger partial charge in [-0.2, -0.15) is 4.98 Å². The number of hydrogen-bond donors (Lipinski definition) is 1. The van der Waals surface area contributed by atoms with Crippen molar-refractivity contribution in [2.75, 3.05) is 25.0 Å². The van der Waals surface area contributed by atoms with Crippen molar-refractivity contribution in [3.63, 3.8) is 0 Å². The van der Waals surface area contributed by atoms with Crippen molar-refractivity contribution in [2.45, 2.75) is 25.8 Å². The van der Waals surface area contributed by atoms with Crippen molar-refractivity contribution >= 4 is 11.6 Å². The van der Waals surface area contributed by atoms with E-state index in [1.807, 2.05) is 16.8 Å². The van der Waals surface area contributed by atoms with Gasteiger partial charge in [-0.05, 0) is 50.4 Å². The van der Waals surface area contributed by atoms with Crippen molar-refractivity contribution in [2.24, 2.45) is 5.92 Å². The van der Waals surface area contributed by atoms with Crippen LogP contribution in [0.1, 0.15) is 18.4 Å². The summed E-state index contributed by atoms with van der Waals surface area (Å²) in [7, 11) is 0. The van der Waals surface area contributed by atoms with Crippen molar-refractivity contribution in [1.82, 2.24) is 19.5 Å². The molecule has 1 unspecified atom stereocenters. The van der Waals surface area contributed by atoms with E-state index in [-0.39, 0.29) is 0 Å². The van der Waals surface area contributed by atoms with Crippen LogP contribution in [0.25, 0.3) is 5.65 Å². The largest absolute Gasteiger partial charge is 0.349 e. The number of piperidine rings is 3. The minimum Gasteiger partial charge on any atom is -0.349 e. The molecule has 3 aliphatic heterocycles. The van der Waals surface area contributed by atoms with E-state index < -0.39 is 0 Å². The summed E-state index contributed by atoms with van der Waals surface area (Å²) in [5.74, 6) is 1.56. The van der Waals surface area contributed by atoms with Crippen LogP contribution in [-0.4, -0.2) is 45.2 Å². The van der Waals surface area contributed by atoms with Crippen LogP contribution >= 0.6 is 0 Å². The molecule has 5 heteroatoms. The Balaban J connectivity index is 1.58. The van der Waals surface area contributed by atoms with Crippen molar-refractivity contribution < 1.29 is 0 Å². The van der Waals surface area contributed by atoms with E-state index in [4.69, 9.17) is 0 Å². The third-order valence-corrected chi connectivity index (χ3v) is 4.45. The first-order valence-corrected chi connectivity index (χ1v) is 7.10. The van der Waals surface area contributed by atoms with Crippen LogP contribution in [0, 0.1) is 12.8 Å². The van der Waals surface area contributed by atoms with Crippen LogP contribution in [0.3, 0.4) is 0 Å². The maximum absolute atomic E-state index is 4.55. The number of nitrogens with zero attached hydrogens (tertiary/aromatic N) is 4. The Morgan fingerprint density at radius 2 is 2.11 bits per heavy atom. The second-order valence-corrected chi connectivity index (χ2v) is 5.83. The minimum atomic E-state index is 0.515. The third-order valence-electron chi connectivity index (χ3n) is 4.45. The lowest BCUT2D eigenvalue weighted by Crippen LogP contribution is -2.53. The van der Waals surface area contributed by atoms with Gasteiger partial charge < -0.3 is 10.2 Å². The molecule has 0 aromatic carbocycles. The summed E-state index contributed by atoms with van der Waals surface area (Å²) in [5, 5.41) is 8.06. The molecular formula is C14H19N5. The number of rotatable bonds is 2. The maximum atomic E-state index is 4.55. The Hall–Kier alpha value is -1.62. The van der Waals surface area contributed by atoms with E-state index in [1.54, 1.807) is 0 Å². The fraction of sp³-hybridized carbons (Fsp3) is 0.571. The summed E-state index contributed by atoms with van der Waals surface area (Å²) in [4.78, 5) is 7.09. The summed E-state index contributed by atoms with van der Waals surface area (Å²) in [5.41, 5.74) is 2.11. The Morgan fingerprint density at radius 3 is 2.84 bits per heavy atom. The zero-order valence-electron chi connectivity index (χ0n) is 11.2. The summed E-state index contributed by atoms with van der Waals surface area (Å²) >= 11 is 0. The summed E-state index contributed by atoms with van der Waals surface area (Å²) in [6, 6.07) is 4.60. The molecule has 100 valence electrons. The van der Waals surface area contributed by atoms with E-state index in [9.17, 15) is 0 Å². The van der Waals surface area contributed by atoms with E-state index in [0.29, 0.717) is 6.04 Å². The van der Waals surface area contributed by atoms with Gasteiger partial charge in [-0.3, -0.25) is 0 Å². The van der Waals surface area contributed by atoms with Gasteiger partial charge in [0.25, 0.3) is 0 Å².